The summed E-state index contributed by atoms with van der Waals surface area (Å²) >= 11 is 0. The zero-order chi connectivity index (χ0) is 21.6. The van der Waals surface area contributed by atoms with Gasteiger partial charge in [-0.25, -0.2) is 4.98 Å². The molecule has 9 heteroatoms. The van der Waals surface area contributed by atoms with Crippen molar-refractivity contribution in [1.29, 1.82) is 5.26 Å². The van der Waals surface area contributed by atoms with Gasteiger partial charge in [-0.1, -0.05) is 0 Å². The third-order valence-electron chi connectivity index (χ3n) is 5.26. The van der Waals surface area contributed by atoms with Gasteiger partial charge in [0.1, 0.15) is 11.9 Å². The van der Waals surface area contributed by atoms with E-state index in [4.69, 9.17) is 11.0 Å². The Bertz CT molecular complexity index is 1090. The van der Waals surface area contributed by atoms with E-state index in [1.54, 1.807) is 30.9 Å². The SMILES string of the molecule is N#Cc1ccc(N2CCC(Nc3cc(Cc4cnccn4)ncc3C(N)=O)CC2)nc1. The molecule has 0 aromatic carbocycles. The normalized spacial score (nSPS) is 14.1. The summed E-state index contributed by atoms with van der Waals surface area (Å²) in [5.41, 5.74) is 8.77. The average molecular weight is 414 g/mol. The van der Waals surface area contributed by atoms with Gasteiger partial charge in [-0.15, -0.1) is 0 Å². The van der Waals surface area contributed by atoms with Crippen molar-refractivity contribution in [3.8, 4) is 6.07 Å². The molecule has 4 heterocycles. The lowest BCUT2D eigenvalue weighted by Crippen LogP contribution is -2.39. The maximum absolute atomic E-state index is 11.9. The molecule has 1 aliphatic heterocycles. The number of hydrogen-bond donors (Lipinski definition) is 2. The van der Waals surface area contributed by atoms with Gasteiger partial charge >= 0.3 is 0 Å². The van der Waals surface area contributed by atoms with Crippen LogP contribution < -0.4 is 16.0 Å². The molecule has 3 N–H and O–H groups in total. The molecule has 0 saturated carbocycles. The number of pyridine rings is 2. The van der Waals surface area contributed by atoms with Crippen molar-refractivity contribution in [2.24, 2.45) is 5.73 Å². The van der Waals surface area contributed by atoms with Crippen LogP contribution in [0.25, 0.3) is 0 Å². The van der Waals surface area contributed by atoms with Gasteiger partial charge in [0, 0.05) is 62.2 Å². The maximum Gasteiger partial charge on any atom is 0.252 e. The van der Waals surface area contributed by atoms with Gasteiger partial charge in [-0.3, -0.25) is 19.7 Å². The van der Waals surface area contributed by atoms with Crippen molar-refractivity contribution in [1.82, 2.24) is 19.9 Å². The number of hydrogen-bond acceptors (Lipinski definition) is 8. The molecule has 0 unspecified atom stereocenters. The lowest BCUT2D eigenvalue weighted by molar-refractivity contribution is 0.100. The summed E-state index contributed by atoms with van der Waals surface area (Å²) in [6.07, 6.45) is 10.3. The molecule has 3 aromatic rings. The van der Waals surface area contributed by atoms with Crippen LogP contribution in [0.4, 0.5) is 11.5 Å². The fourth-order valence-corrected chi connectivity index (χ4v) is 3.63. The minimum Gasteiger partial charge on any atom is -0.381 e. The Hall–Kier alpha value is -4.06. The van der Waals surface area contributed by atoms with E-state index in [1.165, 1.54) is 6.20 Å². The van der Waals surface area contributed by atoms with E-state index in [0.29, 0.717) is 23.2 Å². The number of nitrogens with two attached hydrogens (primary N) is 1. The molecule has 3 aromatic heterocycles. The molecular formula is C22H22N8O. The summed E-state index contributed by atoms with van der Waals surface area (Å²) in [5, 5.41) is 12.4. The highest BCUT2D eigenvalue weighted by atomic mass is 16.1. The number of anilines is 2. The van der Waals surface area contributed by atoms with E-state index >= 15 is 0 Å². The molecule has 1 fully saturated rings. The molecule has 0 radical (unpaired) electrons. The van der Waals surface area contributed by atoms with Gasteiger partial charge in [-0.05, 0) is 31.0 Å². The van der Waals surface area contributed by atoms with E-state index in [1.807, 2.05) is 12.1 Å². The third-order valence-corrected chi connectivity index (χ3v) is 5.26. The number of piperidine rings is 1. The Morgan fingerprint density at radius 2 is 1.97 bits per heavy atom. The first-order chi connectivity index (χ1) is 15.1. The molecule has 0 bridgehead atoms. The molecule has 1 aliphatic rings. The van der Waals surface area contributed by atoms with E-state index < -0.39 is 5.91 Å². The van der Waals surface area contributed by atoms with Gasteiger partial charge in [0.25, 0.3) is 5.91 Å². The Morgan fingerprint density at radius 3 is 2.61 bits per heavy atom. The van der Waals surface area contributed by atoms with Crippen LogP contribution in [0.1, 0.15) is 40.2 Å². The van der Waals surface area contributed by atoms with Crippen molar-refractivity contribution in [2.75, 3.05) is 23.3 Å². The van der Waals surface area contributed by atoms with Crippen molar-refractivity contribution in [2.45, 2.75) is 25.3 Å². The van der Waals surface area contributed by atoms with E-state index in [2.05, 4.69) is 36.2 Å². The summed E-state index contributed by atoms with van der Waals surface area (Å²) in [6, 6.07) is 7.80. The fraction of sp³-hybridized carbons (Fsp3) is 0.273. The minimum atomic E-state index is -0.514. The fourth-order valence-electron chi connectivity index (χ4n) is 3.63. The van der Waals surface area contributed by atoms with Gasteiger partial charge in [-0.2, -0.15) is 5.26 Å². The first-order valence-electron chi connectivity index (χ1n) is 10.0. The van der Waals surface area contributed by atoms with Crippen LogP contribution in [0.15, 0.2) is 49.2 Å². The largest absolute Gasteiger partial charge is 0.381 e. The first kappa shape index (κ1) is 20.2. The maximum atomic E-state index is 11.9. The van der Waals surface area contributed by atoms with Crippen LogP contribution >= 0.6 is 0 Å². The monoisotopic (exact) mass is 414 g/mol. The highest BCUT2D eigenvalue weighted by Gasteiger charge is 2.22. The Kier molecular flexibility index (Phi) is 5.98. The predicted molar refractivity (Wildman–Crippen MR) is 115 cm³/mol. The topological polar surface area (TPSA) is 134 Å². The van der Waals surface area contributed by atoms with Crippen LogP contribution in [-0.4, -0.2) is 45.0 Å². The summed E-state index contributed by atoms with van der Waals surface area (Å²) in [5.74, 6) is 0.353. The lowest BCUT2D eigenvalue weighted by atomic mass is 10.0. The highest BCUT2D eigenvalue weighted by molar-refractivity contribution is 5.98. The molecule has 1 amide bonds. The number of amides is 1. The van der Waals surface area contributed by atoms with E-state index in [9.17, 15) is 4.79 Å². The molecule has 9 nitrogen and oxygen atoms in total. The second-order valence-electron chi connectivity index (χ2n) is 7.38. The molecule has 0 atom stereocenters. The van der Waals surface area contributed by atoms with Crippen LogP contribution in [0.3, 0.4) is 0 Å². The number of primary amides is 1. The van der Waals surface area contributed by atoms with E-state index in [-0.39, 0.29) is 6.04 Å². The molecule has 156 valence electrons. The van der Waals surface area contributed by atoms with Crippen molar-refractivity contribution in [3.63, 3.8) is 0 Å². The Labute approximate surface area is 180 Å². The van der Waals surface area contributed by atoms with Crippen molar-refractivity contribution >= 4 is 17.4 Å². The Balaban J connectivity index is 1.43. The summed E-state index contributed by atoms with van der Waals surface area (Å²) in [7, 11) is 0. The predicted octanol–water partition coefficient (Wildman–Crippen LogP) is 1.91. The van der Waals surface area contributed by atoms with Gasteiger partial charge in [0.05, 0.1) is 22.5 Å². The number of rotatable bonds is 6. The molecule has 4 rings (SSSR count). The smallest absolute Gasteiger partial charge is 0.252 e. The van der Waals surface area contributed by atoms with Gasteiger partial charge in [0.15, 0.2) is 0 Å². The van der Waals surface area contributed by atoms with Crippen LogP contribution in [-0.2, 0) is 6.42 Å². The summed E-state index contributed by atoms with van der Waals surface area (Å²) < 4.78 is 0. The number of aromatic nitrogens is 4. The van der Waals surface area contributed by atoms with Crippen LogP contribution in [0.5, 0.6) is 0 Å². The van der Waals surface area contributed by atoms with Crippen LogP contribution in [0.2, 0.25) is 0 Å². The minimum absolute atomic E-state index is 0.194. The third kappa shape index (κ3) is 4.93. The van der Waals surface area contributed by atoms with Gasteiger partial charge in [0.2, 0.25) is 0 Å². The molecule has 31 heavy (non-hydrogen) atoms. The zero-order valence-electron chi connectivity index (χ0n) is 16.9. The number of carbonyl (C=O) groups is 1. The van der Waals surface area contributed by atoms with Gasteiger partial charge < -0.3 is 16.0 Å². The van der Waals surface area contributed by atoms with E-state index in [0.717, 1.165) is 43.1 Å². The molecule has 0 aliphatic carbocycles. The second kappa shape index (κ2) is 9.17. The molecular weight excluding hydrogens is 392 g/mol. The molecule has 0 spiro atoms. The lowest BCUT2D eigenvalue weighted by Gasteiger charge is -2.34. The Morgan fingerprint density at radius 1 is 1.13 bits per heavy atom. The number of nitrogens with one attached hydrogen (secondary N) is 1. The number of nitriles is 1. The number of carbonyl (C=O) groups excluding carboxylic acids is 1. The number of nitrogens with zero attached hydrogens (tertiary/aromatic N) is 6. The van der Waals surface area contributed by atoms with Crippen molar-refractivity contribution in [3.05, 3.63) is 71.7 Å². The standard InChI is InChI=1S/C22H22N8O/c23-11-15-1-2-21(28-12-15)30-7-3-16(4-8-30)29-20-10-17(27-14-19(20)22(24)31)9-18-13-25-5-6-26-18/h1-2,5-6,10,12-14,16H,3-4,7-9H2,(H2,24,31)(H,27,29). The van der Waals surface area contributed by atoms with Crippen molar-refractivity contribution < 1.29 is 4.79 Å². The molecule has 1 saturated heterocycles. The second-order valence-corrected chi connectivity index (χ2v) is 7.38. The average Bonchev–Trinajstić information content (AvgIpc) is 2.80. The summed E-state index contributed by atoms with van der Waals surface area (Å²) in [6.45, 7) is 1.64. The summed E-state index contributed by atoms with van der Waals surface area (Å²) in [4.78, 5) is 31.2. The first-order valence-corrected chi connectivity index (χ1v) is 10.0. The highest BCUT2D eigenvalue weighted by Crippen LogP contribution is 2.23. The van der Waals surface area contributed by atoms with Crippen LogP contribution in [0, 0.1) is 11.3 Å². The quantitative estimate of drug-likeness (QED) is 0.625. The zero-order valence-corrected chi connectivity index (χ0v) is 16.9.